The summed E-state index contributed by atoms with van der Waals surface area (Å²) < 4.78 is 0. The van der Waals surface area contributed by atoms with Gasteiger partial charge < -0.3 is 16.0 Å². The normalized spacial score (nSPS) is 16.1. The van der Waals surface area contributed by atoms with E-state index in [1.54, 1.807) is 6.07 Å². The minimum Gasteiger partial charge on any atom is -0.372 e. The van der Waals surface area contributed by atoms with Crippen molar-refractivity contribution in [3.8, 4) is 0 Å². The first-order chi connectivity index (χ1) is 11.0. The van der Waals surface area contributed by atoms with E-state index in [2.05, 4.69) is 16.0 Å². The van der Waals surface area contributed by atoms with E-state index in [1.165, 1.54) is 0 Å². The number of carbonyl (C=O) groups is 2. The molecule has 1 atom stereocenters. The molecule has 2 amide bonds. The number of carbonyl (C=O) groups excluding carboxylic acids is 2. The average molecular weight is 330 g/mol. The van der Waals surface area contributed by atoms with Crippen molar-refractivity contribution >= 4 is 40.5 Å². The zero-order valence-corrected chi connectivity index (χ0v) is 13.3. The van der Waals surface area contributed by atoms with Crippen LogP contribution in [0.4, 0.5) is 17.1 Å². The number of rotatable bonds is 3. The van der Waals surface area contributed by atoms with Gasteiger partial charge in [-0.2, -0.15) is 0 Å². The molecule has 0 aromatic heterocycles. The van der Waals surface area contributed by atoms with Gasteiger partial charge in [-0.15, -0.1) is 0 Å². The van der Waals surface area contributed by atoms with E-state index in [9.17, 15) is 9.59 Å². The molecule has 3 N–H and O–H groups in total. The highest BCUT2D eigenvalue weighted by Crippen LogP contribution is 2.27. The number of anilines is 3. The number of amides is 2. The third-order valence-corrected chi connectivity index (χ3v) is 3.76. The van der Waals surface area contributed by atoms with Gasteiger partial charge in [0.25, 0.3) is 0 Å². The number of aryl methyl sites for hydroxylation is 1. The lowest BCUT2D eigenvalue weighted by Crippen LogP contribution is -2.41. The lowest BCUT2D eigenvalue weighted by molar-refractivity contribution is -0.122. The van der Waals surface area contributed by atoms with Gasteiger partial charge in [0, 0.05) is 10.7 Å². The van der Waals surface area contributed by atoms with Crippen LogP contribution in [-0.2, 0) is 9.59 Å². The summed E-state index contributed by atoms with van der Waals surface area (Å²) in [5, 5.41) is 9.21. The fourth-order valence-corrected chi connectivity index (χ4v) is 2.83. The van der Waals surface area contributed by atoms with Crippen LogP contribution in [0.3, 0.4) is 0 Å². The van der Waals surface area contributed by atoms with Gasteiger partial charge in [-0.3, -0.25) is 9.59 Å². The van der Waals surface area contributed by atoms with Crippen LogP contribution in [0.15, 0.2) is 42.5 Å². The van der Waals surface area contributed by atoms with Gasteiger partial charge in [-0.05, 0) is 42.8 Å². The molecule has 6 heteroatoms. The van der Waals surface area contributed by atoms with E-state index in [1.807, 2.05) is 43.3 Å². The highest BCUT2D eigenvalue weighted by molar-refractivity contribution is 6.31. The SMILES string of the molecule is Cc1cc(Cl)cc(NC(=O)C[C@@H]2Nc3ccccc3NC2=O)c1. The van der Waals surface area contributed by atoms with Crippen LogP contribution in [0, 0.1) is 6.92 Å². The molecule has 2 aromatic rings. The van der Waals surface area contributed by atoms with Crippen molar-refractivity contribution in [2.75, 3.05) is 16.0 Å². The van der Waals surface area contributed by atoms with Crippen molar-refractivity contribution in [2.24, 2.45) is 0 Å². The lowest BCUT2D eigenvalue weighted by Gasteiger charge is -2.26. The van der Waals surface area contributed by atoms with Crippen LogP contribution in [0.5, 0.6) is 0 Å². The number of benzene rings is 2. The summed E-state index contributed by atoms with van der Waals surface area (Å²) in [4.78, 5) is 24.3. The number of fused-ring (bicyclic) bond motifs is 1. The Morgan fingerprint density at radius 3 is 2.70 bits per heavy atom. The van der Waals surface area contributed by atoms with E-state index < -0.39 is 6.04 Å². The second kappa shape index (κ2) is 6.30. The van der Waals surface area contributed by atoms with Crippen molar-refractivity contribution < 1.29 is 9.59 Å². The number of halogens is 1. The third-order valence-electron chi connectivity index (χ3n) is 3.55. The molecule has 2 aromatic carbocycles. The molecule has 0 spiro atoms. The maximum absolute atomic E-state index is 12.2. The predicted octanol–water partition coefficient (Wildman–Crippen LogP) is 3.41. The van der Waals surface area contributed by atoms with Gasteiger partial charge in [-0.1, -0.05) is 23.7 Å². The monoisotopic (exact) mass is 329 g/mol. The van der Waals surface area contributed by atoms with E-state index in [-0.39, 0.29) is 18.2 Å². The highest BCUT2D eigenvalue weighted by Gasteiger charge is 2.27. The van der Waals surface area contributed by atoms with E-state index >= 15 is 0 Å². The maximum Gasteiger partial charge on any atom is 0.247 e. The summed E-state index contributed by atoms with van der Waals surface area (Å²) in [6, 6.07) is 12.1. The van der Waals surface area contributed by atoms with Gasteiger partial charge in [0.05, 0.1) is 17.8 Å². The van der Waals surface area contributed by atoms with E-state index in [4.69, 9.17) is 11.6 Å². The van der Waals surface area contributed by atoms with Crippen LogP contribution in [-0.4, -0.2) is 17.9 Å². The number of hydrogen-bond acceptors (Lipinski definition) is 3. The number of nitrogens with one attached hydrogen (secondary N) is 3. The zero-order chi connectivity index (χ0) is 16.4. The molecule has 5 nitrogen and oxygen atoms in total. The van der Waals surface area contributed by atoms with Crippen molar-refractivity contribution in [3.05, 3.63) is 53.1 Å². The Bertz CT molecular complexity index is 756. The Kier molecular flexibility index (Phi) is 4.21. The summed E-state index contributed by atoms with van der Waals surface area (Å²) in [5.41, 5.74) is 3.11. The Morgan fingerprint density at radius 2 is 1.96 bits per heavy atom. The van der Waals surface area contributed by atoms with E-state index in [0.717, 1.165) is 16.9 Å². The molecule has 1 heterocycles. The molecule has 1 aliphatic heterocycles. The Labute approximate surface area is 139 Å². The Balaban J connectivity index is 1.67. The highest BCUT2D eigenvalue weighted by atomic mass is 35.5. The van der Waals surface area contributed by atoms with Gasteiger partial charge in [0.15, 0.2) is 0 Å². The summed E-state index contributed by atoms with van der Waals surface area (Å²) in [6.45, 7) is 1.90. The summed E-state index contributed by atoms with van der Waals surface area (Å²) in [5.74, 6) is -0.472. The molecule has 23 heavy (non-hydrogen) atoms. The first-order valence-electron chi connectivity index (χ1n) is 7.25. The fourth-order valence-electron chi connectivity index (χ4n) is 2.54. The summed E-state index contributed by atoms with van der Waals surface area (Å²) >= 11 is 5.98. The predicted molar refractivity (Wildman–Crippen MR) is 91.9 cm³/mol. The van der Waals surface area contributed by atoms with Crippen LogP contribution in [0.25, 0.3) is 0 Å². The van der Waals surface area contributed by atoms with Gasteiger partial charge in [0.2, 0.25) is 11.8 Å². The Hall–Kier alpha value is -2.53. The van der Waals surface area contributed by atoms with Gasteiger partial charge in [0.1, 0.15) is 6.04 Å². The lowest BCUT2D eigenvalue weighted by atomic mass is 10.1. The molecule has 0 saturated carbocycles. The first kappa shape index (κ1) is 15.4. The summed E-state index contributed by atoms with van der Waals surface area (Å²) in [7, 11) is 0. The molecular weight excluding hydrogens is 314 g/mol. The quantitative estimate of drug-likeness (QED) is 0.808. The largest absolute Gasteiger partial charge is 0.372 e. The molecule has 0 bridgehead atoms. The van der Waals surface area contributed by atoms with Crippen LogP contribution in [0.1, 0.15) is 12.0 Å². The molecule has 0 radical (unpaired) electrons. The minimum atomic E-state index is -0.606. The van der Waals surface area contributed by atoms with Crippen LogP contribution < -0.4 is 16.0 Å². The first-order valence-corrected chi connectivity index (χ1v) is 7.62. The van der Waals surface area contributed by atoms with Gasteiger partial charge >= 0.3 is 0 Å². The standard InChI is InChI=1S/C17H16ClN3O2/c1-10-6-11(18)8-12(7-10)19-16(22)9-15-17(23)21-14-5-3-2-4-13(14)20-15/h2-8,15,20H,9H2,1H3,(H,19,22)(H,21,23)/t15-/m0/s1. The topological polar surface area (TPSA) is 70.2 Å². The molecule has 0 aliphatic carbocycles. The van der Waals surface area contributed by atoms with Crippen molar-refractivity contribution in [1.82, 2.24) is 0 Å². The maximum atomic E-state index is 12.2. The Morgan fingerprint density at radius 1 is 1.22 bits per heavy atom. The molecule has 0 saturated heterocycles. The van der Waals surface area contributed by atoms with Crippen molar-refractivity contribution in [3.63, 3.8) is 0 Å². The molecule has 0 fully saturated rings. The van der Waals surface area contributed by atoms with Gasteiger partial charge in [-0.25, -0.2) is 0 Å². The van der Waals surface area contributed by atoms with E-state index in [0.29, 0.717) is 10.7 Å². The average Bonchev–Trinajstić information content (AvgIpc) is 2.46. The molecule has 3 rings (SSSR count). The zero-order valence-electron chi connectivity index (χ0n) is 12.5. The van der Waals surface area contributed by atoms with Crippen molar-refractivity contribution in [1.29, 1.82) is 0 Å². The minimum absolute atomic E-state index is 0.0335. The van der Waals surface area contributed by atoms with Crippen LogP contribution >= 0.6 is 11.6 Å². The van der Waals surface area contributed by atoms with Crippen molar-refractivity contribution in [2.45, 2.75) is 19.4 Å². The molecular formula is C17H16ClN3O2. The molecule has 0 unspecified atom stereocenters. The molecule has 118 valence electrons. The summed E-state index contributed by atoms with van der Waals surface area (Å²) in [6.07, 6.45) is 0.0335. The third kappa shape index (κ3) is 3.63. The smallest absolute Gasteiger partial charge is 0.247 e. The number of para-hydroxylation sites is 2. The molecule has 1 aliphatic rings. The second-order valence-electron chi connectivity index (χ2n) is 5.50. The van der Waals surface area contributed by atoms with Crippen LogP contribution in [0.2, 0.25) is 5.02 Å². The second-order valence-corrected chi connectivity index (χ2v) is 5.94. The number of hydrogen-bond donors (Lipinski definition) is 3. The fraction of sp³-hybridized carbons (Fsp3) is 0.176.